The van der Waals surface area contributed by atoms with Crippen molar-refractivity contribution in [2.45, 2.75) is 6.92 Å². The molecule has 0 fully saturated rings. The Morgan fingerprint density at radius 1 is 0.909 bits per heavy atom. The first-order valence-corrected chi connectivity index (χ1v) is 7.21. The number of aryl methyl sites for hydroxylation is 1. The Morgan fingerprint density at radius 3 is 2.45 bits per heavy atom. The lowest BCUT2D eigenvalue weighted by Crippen LogP contribution is -2.12. The minimum Gasteiger partial charge on any atom is -0.268 e. The number of nitrogens with zero attached hydrogens (tertiary/aromatic N) is 2. The number of carbonyl (C=O) groups excluding carboxylic acids is 1. The van der Waals surface area contributed by atoms with Gasteiger partial charge in [-0.25, -0.2) is 4.98 Å². The smallest absolute Gasteiger partial charge is 0.264 e. The fraction of sp³-hybridized carbons (Fsp3) is 0.0526. The van der Waals surface area contributed by atoms with Gasteiger partial charge in [0.25, 0.3) is 5.91 Å². The van der Waals surface area contributed by atoms with Gasteiger partial charge in [-0.15, -0.1) is 0 Å². The molecule has 3 nitrogen and oxygen atoms in total. The Labute approximate surface area is 127 Å². The predicted octanol–water partition coefficient (Wildman–Crippen LogP) is 4.19. The van der Waals surface area contributed by atoms with Crippen LogP contribution in [0.15, 0.2) is 66.9 Å². The molecular weight excluding hydrogens is 272 g/mol. The molecule has 3 heteroatoms. The second-order valence-corrected chi connectivity index (χ2v) is 5.40. The Balaban J connectivity index is 2.04. The maximum atomic E-state index is 13.0. The molecule has 0 amide bonds. The molecule has 4 aromatic rings. The van der Waals surface area contributed by atoms with E-state index in [1.54, 1.807) is 10.8 Å². The van der Waals surface area contributed by atoms with Crippen molar-refractivity contribution in [1.82, 2.24) is 9.55 Å². The molecule has 0 bridgehead atoms. The zero-order valence-electron chi connectivity index (χ0n) is 12.2. The molecule has 0 saturated carbocycles. The summed E-state index contributed by atoms with van der Waals surface area (Å²) in [7, 11) is 0. The Hall–Kier alpha value is -2.94. The molecule has 2 heterocycles. The van der Waals surface area contributed by atoms with E-state index >= 15 is 0 Å². The Kier molecular flexibility index (Phi) is 2.79. The topological polar surface area (TPSA) is 34.9 Å². The van der Waals surface area contributed by atoms with Gasteiger partial charge in [-0.05, 0) is 37.3 Å². The third kappa shape index (κ3) is 1.83. The standard InChI is InChI=1S/C19H14N2O/c1-13-8-10-14(11-9-13)19(22)21-17-7-3-2-5-15(17)16-6-4-12-20-18(16)21/h2-12H,1H3. The zero-order valence-corrected chi connectivity index (χ0v) is 12.2. The van der Waals surface area contributed by atoms with Crippen LogP contribution >= 0.6 is 0 Å². The molecule has 0 radical (unpaired) electrons. The minimum atomic E-state index is -0.0510. The van der Waals surface area contributed by atoms with E-state index in [2.05, 4.69) is 4.98 Å². The maximum absolute atomic E-state index is 13.0. The lowest BCUT2D eigenvalue weighted by Gasteiger charge is -2.05. The van der Waals surface area contributed by atoms with E-state index in [1.165, 1.54) is 0 Å². The molecule has 22 heavy (non-hydrogen) atoms. The lowest BCUT2D eigenvalue weighted by atomic mass is 10.1. The highest BCUT2D eigenvalue weighted by Crippen LogP contribution is 2.28. The Bertz CT molecular complexity index is 944. The van der Waals surface area contributed by atoms with Crippen LogP contribution in [0.2, 0.25) is 0 Å². The summed E-state index contributed by atoms with van der Waals surface area (Å²) in [4.78, 5) is 17.4. The quantitative estimate of drug-likeness (QED) is 0.526. The van der Waals surface area contributed by atoms with Gasteiger partial charge in [0.05, 0.1) is 5.52 Å². The fourth-order valence-electron chi connectivity index (χ4n) is 2.83. The summed E-state index contributed by atoms with van der Waals surface area (Å²) in [6.45, 7) is 2.01. The van der Waals surface area contributed by atoms with Crippen molar-refractivity contribution in [3.63, 3.8) is 0 Å². The van der Waals surface area contributed by atoms with Gasteiger partial charge in [-0.3, -0.25) is 9.36 Å². The summed E-state index contributed by atoms with van der Waals surface area (Å²) < 4.78 is 1.70. The van der Waals surface area contributed by atoms with E-state index in [4.69, 9.17) is 0 Å². The molecule has 2 aromatic carbocycles. The second kappa shape index (κ2) is 4.81. The van der Waals surface area contributed by atoms with Crippen LogP contribution in [0.25, 0.3) is 21.9 Å². The van der Waals surface area contributed by atoms with E-state index in [0.29, 0.717) is 11.2 Å². The van der Waals surface area contributed by atoms with E-state index in [0.717, 1.165) is 21.9 Å². The highest BCUT2D eigenvalue weighted by Gasteiger charge is 2.17. The number of aromatic nitrogens is 2. The largest absolute Gasteiger partial charge is 0.268 e. The summed E-state index contributed by atoms with van der Waals surface area (Å²) in [5.41, 5.74) is 3.40. The van der Waals surface area contributed by atoms with Gasteiger partial charge in [-0.1, -0.05) is 35.9 Å². The van der Waals surface area contributed by atoms with E-state index in [-0.39, 0.29) is 5.91 Å². The molecule has 0 atom stereocenters. The molecule has 0 aliphatic rings. The van der Waals surface area contributed by atoms with Crippen molar-refractivity contribution in [1.29, 1.82) is 0 Å². The summed E-state index contributed by atoms with van der Waals surface area (Å²) >= 11 is 0. The van der Waals surface area contributed by atoms with Crippen LogP contribution in [0.4, 0.5) is 0 Å². The van der Waals surface area contributed by atoms with Crippen molar-refractivity contribution >= 4 is 27.8 Å². The van der Waals surface area contributed by atoms with Crippen molar-refractivity contribution in [3.8, 4) is 0 Å². The molecule has 0 saturated heterocycles. The summed E-state index contributed by atoms with van der Waals surface area (Å²) in [5, 5.41) is 2.05. The number of para-hydroxylation sites is 1. The number of pyridine rings is 1. The van der Waals surface area contributed by atoms with Crippen molar-refractivity contribution in [2.24, 2.45) is 0 Å². The maximum Gasteiger partial charge on any atom is 0.264 e. The average molecular weight is 286 g/mol. The normalized spacial score (nSPS) is 11.1. The second-order valence-electron chi connectivity index (χ2n) is 5.40. The van der Waals surface area contributed by atoms with Gasteiger partial charge in [0.2, 0.25) is 0 Å². The molecule has 0 aliphatic carbocycles. The SMILES string of the molecule is Cc1ccc(C(=O)n2c3ccccc3c3cccnc32)cc1. The summed E-state index contributed by atoms with van der Waals surface area (Å²) in [6.07, 6.45) is 1.72. The highest BCUT2D eigenvalue weighted by molar-refractivity contribution is 6.15. The van der Waals surface area contributed by atoms with Crippen LogP contribution in [0.1, 0.15) is 15.9 Å². The molecule has 106 valence electrons. The van der Waals surface area contributed by atoms with E-state index < -0.39 is 0 Å². The number of benzene rings is 2. The van der Waals surface area contributed by atoms with Crippen LogP contribution in [-0.2, 0) is 0 Å². The first-order valence-electron chi connectivity index (χ1n) is 7.21. The minimum absolute atomic E-state index is 0.0510. The van der Waals surface area contributed by atoms with E-state index in [9.17, 15) is 4.79 Å². The van der Waals surface area contributed by atoms with E-state index in [1.807, 2.05) is 67.6 Å². The van der Waals surface area contributed by atoms with Gasteiger partial charge in [0.15, 0.2) is 0 Å². The fourth-order valence-corrected chi connectivity index (χ4v) is 2.83. The van der Waals surface area contributed by atoms with Gasteiger partial charge >= 0.3 is 0 Å². The predicted molar refractivity (Wildman–Crippen MR) is 88.1 cm³/mol. The molecule has 2 aromatic heterocycles. The van der Waals surface area contributed by atoms with Crippen molar-refractivity contribution < 1.29 is 4.79 Å². The first-order chi connectivity index (χ1) is 10.8. The first kappa shape index (κ1) is 12.8. The third-order valence-corrected chi connectivity index (χ3v) is 3.94. The zero-order chi connectivity index (χ0) is 15.1. The van der Waals surface area contributed by atoms with Gasteiger partial charge in [-0.2, -0.15) is 0 Å². The summed E-state index contributed by atoms with van der Waals surface area (Å²) in [6, 6.07) is 19.4. The van der Waals surface area contributed by atoms with Crippen LogP contribution < -0.4 is 0 Å². The van der Waals surface area contributed by atoms with Gasteiger partial charge in [0.1, 0.15) is 5.65 Å². The van der Waals surface area contributed by atoms with Gasteiger partial charge in [0, 0.05) is 22.5 Å². The van der Waals surface area contributed by atoms with Crippen LogP contribution in [-0.4, -0.2) is 15.5 Å². The third-order valence-electron chi connectivity index (χ3n) is 3.94. The number of hydrogen-bond donors (Lipinski definition) is 0. The number of fused-ring (bicyclic) bond motifs is 3. The molecule has 0 spiro atoms. The van der Waals surface area contributed by atoms with Crippen molar-refractivity contribution in [2.75, 3.05) is 0 Å². The highest BCUT2D eigenvalue weighted by atomic mass is 16.2. The monoisotopic (exact) mass is 286 g/mol. The average Bonchev–Trinajstić information content (AvgIpc) is 2.89. The van der Waals surface area contributed by atoms with Gasteiger partial charge < -0.3 is 0 Å². The van der Waals surface area contributed by atoms with Crippen LogP contribution in [0.3, 0.4) is 0 Å². The number of rotatable bonds is 1. The van der Waals surface area contributed by atoms with Crippen molar-refractivity contribution in [3.05, 3.63) is 78.0 Å². The Morgan fingerprint density at radius 2 is 1.64 bits per heavy atom. The van der Waals surface area contributed by atoms with Crippen LogP contribution in [0.5, 0.6) is 0 Å². The molecular formula is C19H14N2O. The molecule has 0 aliphatic heterocycles. The molecule has 4 rings (SSSR count). The van der Waals surface area contributed by atoms with Crippen LogP contribution in [0, 0.1) is 6.92 Å². The molecule has 0 unspecified atom stereocenters. The number of hydrogen-bond acceptors (Lipinski definition) is 2. The molecule has 0 N–H and O–H groups in total. The number of carbonyl (C=O) groups is 1. The lowest BCUT2D eigenvalue weighted by molar-refractivity contribution is 0.0969. The summed E-state index contributed by atoms with van der Waals surface area (Å²) in [5.74, 6) is -0.0510.